The molecular weight excluding hydrogens is 246 g/mol. The number of nitrogens with two attached hydrogens (primary N) is 1. The third-order valence-electron chi connectivity index (χ3n) is 2.78. The predicted octanol–water partition coefficient (Wildman–Crippen LogP) is 3.72. The van der Waals surface area contributed by atoms with Crippen molar-refractivity contribution in [1.29, 1.82) is 0 Å². The van der Waals surface area contributed by atoms with Crippen molar-refractivity contribution in [1.82, 2.24) is 0 Å². The van der Waals surface area contributed by atoms with Gasteiger partial charge in [-0.1, -0.05) is 36.7 Å². The standard InChI is InChI=1S/C15H14ClNO/c1-2-10-4-3-5-11(6-10)15(18)12-7-13(16)9-14(17)8-12/h3-9H,2,17H2,1H3. The lowest BCUT2D eigenvalue weighted by Crippen LogP contribution is -2.03. The second kappa shape index (κ2) is 5.23. The van der Waals surface area contributed by atoms with Gasteiger partial charge in [-0.25, -0.2) is 0 Å². The van der Waals surface area contributed by atoms with Crippen LogP contribution < -0.4 is 5.73 Å². The van der Waals surface area contributed by atoms with Crippen molar-refractivity contribution >= 4 is 23.1 Å². The van der Waals surface area contributed by atoms with E-state index in [1.165, 1.54) is 0 Å². The first-order chi connectivity index (χ1) is 8.60. The molecule has 0 amide bonds. The fraction of sp³-hybridized carbons (Fsp3) is 0.133. The molecule has 2 aromatic rings. The van der Waals surface area contributed by atoms with Gasteiger partial charge < -0.3 is 5.73 Å². The van der Waals surface area contributed by atoms with E-state index in [-0.39, 0.29) is 5.78 Å². The molecule has 0 bridgehead atoms. The van der Waals surface area contributed by atoms with E-state index in [4.69, 9.17) is 17.3 Å². The van der Waals surface area contributed by atoms with Gasteiger partial charge in [-0.15, -0.1) is 0 Å². The summed E-state index contributed by atoms with van der Waals surface area (Å²) in [6, 6.07) is 12.5. The van der Waals surface area contributed by atoms with Gasteiger partial charge in [0.15, 0.2) is 5.78 Å². The molecule has 92 valence electrons. The minimum Gasteiger partial charge on any atom is -0.399 e. The fourth-order valence-electron chi connectivity index (χ4n) is 1.84. The Morgan fingerprint density at radius 2 is 1.94 bits per heavy atom. The summed E-state index contributed by atoms with van der Waals surface area (Å²) < 4.78 is 0. The first kappa shape index (κ1) is 12.7. The highest BCUT2D eigenvalue weighted by molar-refractivity contribution is 6.31. The Morgan fingerprint density at radius 3 is 2.61 bits per heavy atom. The van der Waals surface area contributed by atoms with Crippen LogP contribution in [0, 0.1) is 0 Å². The normalized spacial score (nSPS) is 10.3. The Bertz CT molecular complexity index is 573. The summed E-state index contributed by atoms with van der Waals surface area (Å²) in [7, 11) is 0. The third kappa shape index (κ3) is 2.71. The first-order valence-corrected chi connectivity index (χ1v) is 6.17. The number of halogens is 1. The number of hydrogen-bond acceptors (Lipinski definition) is 2. The quantitative estimate of drug-likeness (QED) is 0.674. The van der Waals surface area contributed by atoms with Crippen molar-refractivity contribution in [2.75, 3.05) is 5.73 Å². The van der Waals surface area contributed by atoms with Gasteiger partial charge in [0.2, 0.25) is 0 Å². The average molecular weight is 260 g/mol. The van der Waals surface area contributed by atoms with Crippen molar-refractivity contribution in [3.05, 3.63) is 64.2 Å². The number of rotatable bonds is 3. The molecule has 2 rings (SSSR count). The largest absolute Gasteiger partial charge is 0.399 e. The van der Waals surface area contributed by atoms with Crippen LogP contribution in [-0.4, -0.2) is 5.78 Å². The summed E-state index contributed by atoms with van der Waals surface area (Å²) in [5.41, 5.74) is 8.51. The van der Waals surface area contributed by atoms with Crippen LogP contribution in [0.25, 0.3) is 0 Å². The van der Waals surface area contributed by atoms with Crippen molar-refractivity contribution in [2.45, 2.75) is 13.3 Å². The zero-order valence-electron chi connectivity index (χ0n) is 10.1. The molecule has 0 radical (unpaired) electrons. The van der Waals surface area contributed by atoms with Crippen molar-refractivity contribution < 1.29 is 4.79 Å². The molecule has 0 aliphatic carbocycles. The predicted molar refractivity (Wildman–Crippen MR) is 75.1 cm³/mol. The van der Waals surface area contributed by atoms with Crippen LogP contribution in [0.3, 0.4) is 0 Å². The molecule has 0 atom stereocenters. The van der Waals surface area contributed by atoms with E-state index in [2.05, 4.69) is 6.92 Å². The van der Waals surface area contributed by atoms with Crippen LogP contribution in [0.5, 0.6) is 0 Å². The average Bonchev–Trinajstić information content (AvgIpc) is 2.37. The van der Waals surface area contributed by atoms with Crippen LogP contribution in [0.15, 0.2) is 42.5 Å². The monoisotopic (exact) mass is 259 g/mol. The molecule has 0 aliphatic rings. The Kier molecular flexibility index (Phi) is 3.68. The van der Waals surface area contributed by atoms with Gasteiger partial charge in [0.1, 0.15) is 0 Å². The summed E-state index contributed by atoms with van der Waals surface area (Å²) in [5, 5.41) is 0.477. The van der Waals surface area contributed by atoms with Gasteiger partial charge in [-0.3, -0.25) is 4.79 Å². The number of hydrogen-bond donors (Lipinski definition) is 1. The van der Waals surface area contributed by atoms with Crippen molar-refractivity contribution in [3.63, 3.8) is 0 Å². The number of benzene rings is 2. The van der Waals surface area contributed by atoms with Crippen LogP contribution in [0.2, 0.25) is 5.02 Å². The van der Waals surface area contributed by atoms with Crippen LogP contribution >= 0.6 is 11.6 Å². The Labute approximate surface area is 111 Å². The number of aryl methyl sites for hydroxylation is 1. The summed E-state index contributed by atoms with van der Waals surface area (Å²) in [5.74, 6) is -0.0560. The maximum Gasteiger partial charge on any atom is 0.193 e. The van der Waals surface area contributed by atoms with E-state index < -0.39 is 0 Å². The Hall–Kier alpha value is -1.80. The molecule has 2 N–H and O–H groups in total. The van der Waals surface area contributed by atoms with E-state index in [1.54, 1.807) is 24.3 Å². The fourth-order valence-corrected chi connectivity index (χ4v) is 2.09. The first-order valence-electron chi connectivity index (χ1n) is 5.80. The summed E-state index contributed by atoms with van der Waals surface area (Å²) in [4.78, 5) is 12.3. The second-order valence-corrected chi connectivity index (χ2v) is 4.59. The van der Waals surface area contributed by atoms with E-state index in [0.29, 0.717) is 21.8 Å². The van der Waals surface area contributed by atoms with Crippen molar-refractivity contribution in [2.24, 2.45) is 0 Å². The zero-order valence-corrected chi connectivity index (χ0v) is 10.9. The van der Waals surface area contributed by atoms with E-state index in [0.717, 1.165) is 12.0 Å². The molecule has 0 saturated carbocycles. The van der Waals surface area contributed by atoms with Crippen LogP contribution in [0.1, 0.15) is 28.4 Å². The molecule has 0 saturated heterocycles. The van der Waals surface area contributed by atoms with Gasteiger partial charge in [0.25, 0.3) is 0 Å². The van der Waals surface area contributed by atoms with E-state index in [9.17, 15) is 4.79 Å². The molecule has 3 heteroatoms. The lowest BCUT2D eigenvalue weighted by Gasteiger charge is -2.05. The lowest BCUT2D eigenvalue weighted by atomic mass is 10.0. The number of anilines is 1. The maximum atomic E-state index is 12.3. The Balaban J connectivity index is 2.41. The topological polar surface area (TPSA) is 43.1 Å². The highest BCUT2D eigenvalue weighted by atomic mass is 35.5. The SMILES string of the molecule is CCc1cccc(C(=O)c2cc(N)cc(Cl)c2)c1. The van der Waals surface area contributed by atoms with Gasteiger partial charge >= 0.3 is 0 Å². The number of carbonyl (C=O) groups is 1. The second-order valence-electron chi connectivity index (χ2n) is 4.16. The molecule has 0 heterocycles. The Morgan fingerprint density at radius 1 is 1.17 bits per heavy atom. The van der Waals surface area contributed by atoms with Gasteiger partial charge in [0.05, 0.1) is 0 Å². The van der Waals surface area contributed by atoms with Crippen LogP contribution in [0.4, 0.5) is 5.69 Å². The van der Waals surface area contributed by atoms with Crippen LogP contribution in [-0.2, 0) is 6.42 Å². The lowest BCUT2D eigenvalue weighted by molar-refractivity contribution is 0.103. The van der Waals surface area contributed by atoms with Gasteiger partial charge in [0, 0.05) is 21.8 Å². The van der Waals surface area contributed by atoms with E-state index in [1.807, 2.05) is 18.2 Å². The minimum atomic E-state index is -0.0560. The van der Waals surface area contributed by atoms with Gasteiger partial charge in [-0.05, 0) is 36.2 Å². The molecule has 0 aromatic heterocycles. The van der Waals surface area contributed by atoms with E-state index >= 15 is 0 Å². The number of nitrogen functional groups attached to an aromatic ring is 1. The minimum absolute atomic E-state index is 0.0560. The summed E-state index contributed by atoms with van der Waals surface area (Å²) in [6.07, 6.45) is 0.902. The molecule has 0 spiro atoms. The summed E-state index contributed by atoms with van der Waals surface area (Å²) >= 11 is 5.91. The van der Waals surface area contributed by atoms with Crippen molar-refractivity contribution in [3.8, 4) is 0 Å². The molecule has 18 heavy (non-hydrogen) atoms. The molecule has 0 aliphatic heterocycles. The molecule has 0 unspecified atom stereocenters. The number of ketones is 1. The smallest absolute Gasteiger partial charge is 0.193 e. The third-order valence-corrected chi connectivity index (χ3v) is 3.00. The molecular formula is C15H14ClNO. The highest BCUT2D eigenvalue weighted by Gasteiger charge is 2.10. The maximum absolute atomic E-state index is 12.3. The zero-order chi connectivity index (χ0) is 13.1. The molecule has 2 aromatic carbocycles. The number of carbonyl (C=O) groups excluding carboxylic acids is 1. The molecule has 0 fully saturated rings. The van der Waals surface area contributed by atoms with Gasteiger partial charge in [-0.2, -0.15) is 0 Å². The highest BCUT2D eigenvalue weighted by Crippen LogP contribution is 2.20. The summed E-state index contributed by atoms with van der Waals surface area (Å²) in [6.45, 7) is 2.06. The molecule has 2 nitrogen and oxygen atoms in total.